The van der Waals surface area contributed by atoms with E-state index in [1.807, 2.05) is 30.9 Å². The van der Waals surface area contributed by atoms with Crippen molar-refractivity contribution in [1.82, 2.24) is 9.47 Å². The number of methoxy groups -OCH3 is 1. The molecular weight excluding hydrogens is 324 g/mol. The van der Waals surface area contributed by atoms with Crippen molar-refractivity contribution >= 4 is 5.91 Å². The number of nitrogens with zero attached hydrogens (tertiary/aromatic N) is 2. The number of ether oxygens (including phenoxy) is 1. The van der Waals surface area contributed by atoms with Crippen molar-refractivity contribution in [3.8, 4) is 5.75 Å². The first kappa shape index (κ1) is 20.1. The Kier molecular flexibility index (Phi) is 7.76. The fraction of sp³-hybridized carbons (Fsp3) is 0.500. The highest BCUT2D eigenvalue weighted by Crippen LogP contribution is 2.17. The van der Waals surface area contributed by atoms with Crippen LogP contribution in [0.1, 0.15) is 51.3 Å². The van der Waals surface area contributed by atoms with Gasteiger partial charge in [-0.15, -0.1) is 0 Å². The van der Waals surface area contributed by atoms with Crippen LogP contribution < -0.4 is 4.74 Å². The van der Waals surface area contributed by atoms with Gasteiger partial charge < -0.3 is 14.2 Å². The first-order chi connectivity index (χ1) is 12.5. The molecule has 2 rings (SSSR count). The molecule has 1 heterocycles. The standard InChI is InChI=1S/C22H32N2O2/c1-5-6-7-13-24(22(25)18(2)3)17-20-11-9-14-23(20)16-19-10-8-12-21(15-19)26-4/h8-12,14-15,18H,5-7,13,16-17H2,1-4H3. The summed E-state index contributed by atoms with van der Waals surface area (Å²) in [6.45, 7) is 8.41. The summed E-state index contributed by atoms with van der Waals surface area (Å²) in [5.41, 5.74) is 2.35. The highest BCUT2D eigenvalue weighted by Gasteiger charge is 2.18. The Bertz CT molecular complexity index is 691. The van der Waals surface area contributed by atoms with Crippen molar-refractivity contribution in [1.29, 1.82) is 0 Å². The van der Waals surface area contributed by atoms with Crippen molar-refractivity contribution in [3.63, 3.8) is 0 Å². The summed E-state index contributed by atoms with van der Waals surface area (Å²) >= 11 is 0. The molecule has 0 N–H and O–H groups in total. The fourth-order valence-electron chi connectivity index (χ4n) is 3.10. The van der Waals surface area contributed by atoms with Crippen LogP contribution >= 0.6 is 0 Å². The molecule has 4 heteroatoms. The molecule has 1 aromatic heterocycles. The summed E-state index contributed by atoms with van der Waals surface area (Å²) in [5, 5.41) is 0. The van der Waals surface area contributed by atoms with Crippen LogP contribution in [-0.4, -0.2) is 29.0 Å². The molecule has 0 spiro atoms. The number of rotatable bonds is 10. The average Bonchev–Trinajstić information content (AvgIpc) is 3.07. The van der Waals surface area contributed by atoms with Crippen LogP contribution in [0.4, 0.5) is 0 Å². The lowest BCUT2D eigenvalue weighted by molar-refractivity contribution is -0.135. The number of unbranched alkanes of at least 4 members (excludes halogenated alkanes) is 2. The van der Waals surface area contributed by atoms with Gasteiger partial charge in [0.2, 0.25) is 5.91 Å². The number of hydrogen-bond acceptors (Lipinski definition) is 2. The van der Waals surface area contributed by atoms with Crippen LogP contribution in [0.25, 0.3) is 0 Å². The van der Waals surface area contributed by atoms with Gasteiger partial charge >= 0.3 is 0 Å². The lowest BCUT2D eigenvalue weighted by Crippen LogP contribution is -2.35. The summed E-state index contributed by atoms with van der Waals surface area (Å²) < 4.78 is 7.54. The molecular formula is C22H32N2O2. The highest BCUT2D eigenvalue weighted by atomic mass is 16.5. The maximum absolute atomic E-state index is 12.6. The number of hydrogen-bond donors (Lipinski definition) is 0. The van der Waals surface area contributed by atoms with E-state index >= 15 is 0 Å². The minimum absolute atomic E-state index is 0.0263. The van der Waals surface area contributed by atoms with Gasteiger partial charge in [-0.05, 0) is 36.2 Å². The molecule has 2 aromatic rings. The lowest BCUT2D eigenvalue weighted by Gasteiger charge is -2.25. The maximum Gasteiger partial charge on any atom is 0.225 e. The smallest absolute Gasteiger partial charge is 0.225 e. The Balaban J connectivity index is 2.11. The van der Waals surface area contributed by atoms with E-state index in [0.717, 1.165) is 38.1 Å². The molecule has 0 aliphatic heterocycles. The van der Waals surface area contributed by atoms with E-state index in [1.54, 1.807) is 7.11 Å². The van der Waals surface area contributed by atoms with E-state index in [0.29, 0.717) is 6.54 Å². The molecule has 1 aromatic carbocycles. The van der Waals surface area contributed by atoms with E-state index in [9.17, 15) is 4.79 Å². The van der Waals surface area contributed by atoms with Gasteiger partial charge in [-0.2, -0.15) is 0 Å². The van der Waals surface area contributed by atoms with Crippen LogP contribution in [0, 0.1) is 5.92 Å². The normalized spacial score (nSPS) is 11.0. The fourth-order valence-corrected chi connectivity index (χ4v) is 3.10. The Hall–Kier alpha value is -2.23. The monoisotopic (exact) mass is 356 g/mol. The van der Waals surface area contributed by atoms with Crippen molar-refractivity contribution in [2.45, 2.75) is 53.1 Å². The molecule has 0 saturated carbocycles. The van der Waals surface area contributed by atoms with Crippen molar-refractivity contribution in [2.75, 3.05) is 13.7 Å². The van der Waals surface area contributed by atoms with Crippen molar-refractivity contribution in [3.05, 3.63) is 53.9 Å². The molecule has 4 nitrogen and oxygen atoms in total. The first-order valence-electron chi connectivity index (χ1n) is 9.60. The largest absolute Gasteiger partial charge is 0.497 e. The molecule has 0 saturated heterocycles. The third kappa shape index (κ3) is 5.65. The molecule has 0 unspecified atom stereocenters. The highest BCUT2D eigenvalue weighted by molar-refractivity contribution is 5.78. The SMILES string of the molecule is CCCCCN(Cc1cccn1Cc1cccc(OC)c1)C(=O)C(C)C. The summed E-state index contributed by atoms with van der Waals surface area (Å²) in [6.07, 6.45) is 5.47. The lowest BCUT2D eigenvalue weighted by atomic mass is 10.1. The van der Waals surface area contributed by atoms with Crippen LogP contribution in [-0.2, 0) is 17.9 Å². The average molecular weight is 357 g/mol. The molecule has 142 valence electrons. The number of carbonyl (C=O) groups excluding carboxylic acids is 1. The predicted octanol–water partition coefficient (Wildman–Crippen LogP) is 4.72. The molecule has 0 atom stereocenters. The minimum atomic E-state index is 0.0263. The Morgan fingerprint density at radius 3 is 2.69 bits per heavy atom. The van der Waals surface area contributed by atoms with Crippen molar-refractivity contribution < 1.29 is 9.53 Å². The van der Waals surface area contributed by atoms with Gasteiger partial charge in [-0.3, -0.25) is 4.79 Å². The van der Waals surface area contributed by atoms with E-state index in [1.165, 1.54) is 11.3 Å². The van der Waals surface area contributed by atoms with Gasteiger partial charge in [0, 0.05) is 30.9 Å². The van der Waals surface area contributed by atoms with E-state index in [4.69, 9.17) is 4.74 Å². The second-order valence-corrected chi connectivity index (χ2v) is 7.10. The number of aromatic nitrogens is 1. The zero-order chi connectivity index (χ0) is 18.9. The topological polar surface area (TPSA) is 34.5 Å². The number of amides is 1. The summed E-state index contributed by atoms with van der Waals surface area (Å²) in [7, 11) is 1.69. The number of benzene rings is 1. The van der Waals surface area contributed by atoms with Gasteiger partial charge in [0.1, 0.15) is 5.75 Å². The van der Waals surface area contributed by atoms with Gasteiger partial charge in [-0.25, -0.2) is 0 Å². The zero-order valence-corrected chi connectivity index (χ0v) is 16.6. The van der Waals surface area contributed by atoms with E-state index in [-0.39, 0.29) is 11.8 Å². The van der Waals surface area contributed by atoms with Crippen LogP contribution in [0.2, 0.25) is 0 Å². The third-order valence-corrected chi connectivity index (χ3v) is 4.60. The molecule has 1 amide bonds. The maximum atomic E-state index is 12.6. The molecule has 0 fully saturated rings. The first-order valence-corrected chi connectivity index (χ1v) is 9.60. The van der Waals surface area contributed by atoms with Gasteiger partial charge in [0.15, 0.2) is 0 Å². The summed E-state index contributed by atoms with van der Waals surface area (Å²) in [6, 6.07) is 12.3. The second kappa shape index (κ2) is 10.0. The van der Waals surface area contributed by atoms with E-state index in [2.05, 4.69) is 42.0 Å². The second-order valence-electron chi connectivity index (χ2n) is 7.10. The van der Waals surface area contributed by atoms with Gasteiger partial charge in [0.25, 0.3) is 0 Å². The number of carbonyl (C=O) groups is 1. The predicted molar refractivity (Wildman–Crippen MR) is 106 cm³/mol. The van der Waals surface area contributed by atoms with Crippen molar-refractivity contribution in [2.24, 2.45) is 5.92 Å². The third-order valence-electron chi connectivity index (χ3n) is 4.60. The molecule has 0 radical (unpaired) electrons. The van der Waals surface area contributed by atoms with E-state index < -0.39 is 0 Å². The summed E-state index contributed by atoms with van der Waals surface area (Å²) in [5.74, 6) is 1.13. The minimum Gasteiger partial charge on any atom is -0.497 e. The Morgan fingerprint density at radius 2 is 2.00 bits per heavy atom. The van der Waals surface area contributed by atoms with Crippen LogP contribution in [0.15, 0.2) is 42.6 Å². The Labute approximate surface area is 157 Å². The molecule has 0 aliphatic carbocycles. The zero-order valence-electron chi connectivity index (χ0n) is 16.6. The molecule has 26 heavy (non-hydrogen) atoms. The summed E-state index contributed by atoms with van der Waals surface area (Å²) in [4.78, 5) is 14.6. The van der Waals surface area contributed by atoms with Gasteiger partial charge in [-0.1, -0.05) is 45.7 Å². The van der Waals surface area contributed by atoms with Gasteiger partial charge in [0.05, 0.1) is 13.7 Å². The molecule has 0 bridgehead atoms. The quantitative estimate of drug-likeness (QED) is 0.577. The molecule has 0 aliphatic rings. The van der Waals surface area contributed by atoms with Crippen LogP contribution in [0.3, 0.4) is 0 Å². The van der Waals surface area contributed by atoms with Crippen LogP contribution in [0.5, 0.6) is 5.75 Å². The Morgan fingerprint density at radius 1 is 1.19 bits per heavy atom.